The Bertz CT molecular complexity index is 699. The lowest BCUT2D eigenvalue weighted by atomic mass is 9.94. The van der Waals surface area contributed by atoms with E-state index < -0.39 is 0 Å². The molecule has 6 nitrogen and oxygen atoms in total. The Hall–Kier alpha value is -1.73. The van der Waals surface area contributed by atoms with Gasteiger partial charge in [0.05, 0.1) is 18.9 Å². The minimum atomic E-state index is -0.244. The number of carbonyl (C=O) groups excluding carboxylic acids is 1. The number of halogens is 1. The van der Waals surface area contributed by atoms with Crippen LogP contribution in [-0.2, 0) is 14.3 Å². The number of nitrogens with zero attached hydrogens (tertiary/aromatic N) is 3. The highest BCUT2D eigenvalue weighted by atomic mass is 79.9. The fraction of sp³-hybridized carbons (Fsp3) is 0.500. The summed E-state index contributed by atoms with van der Waals surface area (Å²) in [6.45, 7) is 2.89. The van der Waals surface area contributed by atoms with Gasteiger partial charge < -0.3 is 9.47 Å². The number of esters is 1. The van der Waals surface area contributed by atoms with Crippen LogP contribution >= 0.6 is 15.9 Å². The van der Waals surface area contributed by atoms with Gasteiger partial charge in [0.2, 0.25) is 4.73 Å². The number of hydrogen-bond donors (Lipinski definition) is 0. The number of aromatic nitrogens is 3. The second-order valence-electron chi connectivity index (χ2n) is 5.98. The highest BCUT2D eigenvalue weighted by Gasteiger charge is 2.29. The van der Waals surface area contributed by atoms with Gasteiger partial charge in [-0.25, -0.2) is 9.67 Å². The van der Waals surface area contributed by atoms with E-state index in [2.05, 4.69) is 26.0 Å². The quantitative estimate of drug-likeness (QED) is 0.680. The van der Waals surface area contributed by atoms with Gasteiger partial charge in [0.15, 0.2) is 6.23 Å². The van der Waals surface area contributed by atoms with Crippen molar-refractivity contribution >= 4 is 21.9 Å². The summed E-state index contributed by atoms with van der Waals surface area (Å²) in [6, 6.07) is 9.87. The van der Waals surface area contributed by atoms with Crippen LogP contribution < -0.4 is 0 Å². The maximum absolute atomic E-state index is 12.2. The highest BCUT2D eigenvalue weighted by Crippen LogP contribution is 2.32. The minimum Gasteiger partial charge on any atom is -0.466 e. The Morgan fingerprint density at radius 1 is 1.40 bits per heavy atom. The van der Waals surface area contributed by atoms with Crippen LogP contribution in [0.3, 0.4) is 0 Å². The van der Waals surface area contributed by atoms with Crippen LogP contribution in [0.5, 0.6) is 0 Å². The van der Waals surface area contributed by atoms with Crippen molar-refractivity contribution in [1.29, 1.82) is 0 Å². The Morgan fingerprint density at radius 3 is 2.88 bits per heavy atom. The molecule has 1 saturated heterocycles. The summed E-state index contributed by atoms with van der Waals surface area (Å²) in [5.74, 6) is 0.245. The lowest BCUT2D eigenvalue weighted by Gasteiger charge is -2.26. The fourth-order valence-electron chi connectivity index (χ4n) is 3.10. The van der Waals surface area contributed by atoms with Gasteiger partial charge in [-0.1, -0.05) is 30.3 Å². The Balaban J connectivity index is 1.96. The number of rotatable bonds is 6. The van der Waals surface area contributed by atoms with Crippen LogP contribution in [0, 0.1) is 0 Å². The van der Waals surface area contributed by atoms with Crippen LogP contribution in [0.25, 0.3) is 0 Å². The van der Waals surface area contributed by atoms with Crippen LogP contribution in [-0.4, -0.2) is 33.9 Å². The summed E-state index contributed by atoms with van der Waals surface area (Å²) in [6.07, 6.45) is 3.12. The smallest absolute Gasteiger partial charge is 0.306 e. The van der Waals surface area contributed by atoms with E-state index in [9.17, 15) is 4.79 Å². The van der Waals surface area contributed by atoms with Crippen LogP contribution in [0.1, 0.15) is 56.1 Å². The first-order valence-corrected chi connectivity index (χ1v) is 9.42. The van der Waals surface area contributed by atoms with Gasteiger partial charge in [0.25, 0.3) is 0 Å². The van der Waals surface area contributed by atoms with Crippen LogP contribution in [0.2, 0.25) is 0 Å². The molecule has 1 aliphatic heterocycles. The molecule has 2 heterocycles. The lowest BCUT2D eigenvalue weighted by molar-refractivity contribution is -0.143. The van der Waals surface area contributed by atoms with Crippen molar-refractivity contribution in [2.45, 2.75) is 44.8 Å². The van der Waals surface area contributed by atoms with E-state index in [1.165, 1.54) is 0 Å². The van der Waals surface area contributed by atoms with E-state index >= 15 is 0 Å². The molecule has 2 unspecified atom stereocenters. The molecule has 0 saturated carbocycles. The highest BCUT2D eigenvalue weighted by molar-refractivity contribution is 9.10. The van der Waals surface area contributed by atoms with E-state index in [0.29, 0.717) is 11.3 Å². The zero-order chi connectivity index (χ0) is 17.6. The zero-order valence-electron chi connectivity index (χ0n) is 14.2. The Morgan fingerprint density at radius 2 is 2.20 bits per heavy atom. The van der Waals surface area contributed by atoms with Gasteiger partial charge in [-0.2, -0.15) is 0 Å². The van der Waals surface area contributed by atoms with E-state index in [1.807, 2.05) is 41.9 Å². The average molecular weight is 408 g/mol. The third-order valence-corrected chi connectivity index (χ3v) is 4.59. The normalized spacial score (nSPS) is 18.7. The van der Waals surface area contributed by atoms with Gasteiger partial charge in [-0.3, -0.25) is 4.79 Å². The molecule has 0 spiro atoms. The summed E-state index contributed by atoms with van der Waals surface area (Å²) in [4.78, 5) is 16.7. The third-order valence-electron chi connectivity index (χ3n) is 4.25. The van der Waals surface area contributed by atoms with Crippen molar-refractivity contribution in [1.82, 2.24) is 14.8 Å². The summed E-state index contributed by atoms with van der Waals surface area (Å²) in [5, 5.41) is 4.48. The zero-order valence-corrected chi connectivity index (χ0v) is 15.8. The van der Waals surface area contributed by atoms with Crippen molar-refractivity contribution in [2.24, 2.45) is 0 Å². The molecule has 2 aromatic rings. The largest absolute Gasteiger partial charge is 0.466 e. The maximum atomic E-state index is 12.2. The monoisotopic (exact) mass is 407 g/mol. The summed E-state index contributed by atoms with van der Waals surface area (Å²) in [5.41, 5.74) is 1.01. The Labute approximate surface area is 155 Å². The molecule has 1 aromatic heterocycles. The van der Waals surface area contributed by atoms with Gasteiger partial charge in [0.1, 0.15) is 5.82 Å². The third kappa shape index (κ3) is 4.46. The second-order valence-corrected chi connectivity index (χ2v) is 6.69. The van der Waals surface area contributed by atoms with Crippen molar-refractivity contribution < 1.29 is 14.3 Å². The van der Waals surface area contributed by atoms with E-state index in [1.54, 1.807) is 0 Å². The molecule has 1 aliphatic rings. The predicted octanol–water partition coefficient (Wildman–Crippen LogP) is 3.82. The molecule has 7 heteroatoms. The molecular formula is C18H22BrN3O3. The molecule has 0 bridgehead atoms. The Kier molecular flexibility index (Phi) is 6.20. The van der Waals surface area contributed by atoms with E-state index in [-0.39, 0.29) is 24.5 Å². The first-order valence-electron chi connectivity index (χ1n) is 8.63. The first kappa shape index (κ1) is 18.1. The number of benzene rings is 1. The van der Waals surface area contributed by atoms with Gasteiger partial charge >= 0.3 is 5.97 Å². The maximum Gasteiger partial charge on any atom is 0.306 e. The predicted molar refractivity (Wildman–Crippen MR) is 96.1 cm³/mol. The molecule has 0 radical (unpaired) electrons. The van der Waals surface area contributed by atoms with Crippen molar-refractivity contribution in [3.05, 3.63) is 46.5 Å². The number of hydrogen-bond acceptors (Lipinski definition) is 5. The summed E-state index contributed by atoms with van der Waals surface area (Å²) >= 11 is 3.37. The van der Waals surface area contributed by atoms with Crippen molar-refractivity contribution in [2.75, 3.05) is 13.2 Å². The minimum absolute atomic E-state index is 0.143. The number of carbonyl (C=O) groups is 1. The van der Waals surface area contributed by atoms with E-state index in [0.717, 1.165) is 37.3 Å². The van der Waals surface area contributed by atoms with Gasteiger partial charge in [-0.15, -0.1) is 5.10 Å². The molecule has 0 N–H and O–H groups in total. The standard InChI is InChI=1S/C18H22BrN3O3/c1-2-24-16(23)12-14(13-8-4-3-5-9-13)17-20-18(19)21-22(17)15-10-6-7-11-25-15/h3-5,8-9,14-15H,2,6-7,10-12H2,1H3. The SMILES string of the molecule is CCOC(=O)CC(c1ccccc1)c1nc(Br)nn1C1CCCCO1. The fourth-order valence-corrected chi connectivity index (χ4v) is 3.46. The second kappa shape index (κ2) is 8.58. The molecule has 3 rings (SSSR count). The summed E-state index contributed by atoms with van der Waals surface area (Å²) in [7, 11) is 0. The molecule has 134 valence electrons. The van der Waals surface area contributed by atoms with Crippen molar-refractivity contribution in [3.8, 4) is 0 Å². The number of ether oxygens (including phenoxy) is 2. The van der Waals surface area contributed by atoms with Crippen molar-refractivity contribution in [3.63, 3.8) is 0 Å². The topological polar surface area (TPSA) is 66.2 Å². The van der Waals surface area contributed by atoms with E-state index in [4.69, 9.17) is 9.47 Å². The van der Waals surface area contributed by atoms with Gasteiger partial charge in [0, 0.05) is 6.61 Å². The average Bonchev–Trinajstić information content (AvgIpc) is 3.03. The molecule has 1 fully saturated rings. The summed E-state index contributed by atoms with van der Waals surface area (Å²) < 4.78 is 13.4. The molecule has 2 atom stereocenters. The molecule has 25 heavy (non-hydrogen) atoms. The van der Waals surface area contributed by atoms with Crippen LogP contribution in [0.15, 0.2) is 35.1 Å². The van der Waals surface area contributed by atoms with Crippen LogP contribution in [0.4, 0.5) is 0 Å². The first-order chi connectivity index (χ1) is 12.2. The molecular weight excluding hydrogens is 386 g/mol. The molecule has 0 aliphatic carbocycles. The molecule has 0 amide bonds. The molecule has 1 aromatic carbocycles. The van der Waals surface area contributed by atoms with Gasteiger partial charge in [-0.05, 0) is 47.7 Å². The lowest BCUT2D eigenvalue weighted by Crippen LogP contribution is -2.24.